The van der Waals surface area contributed by atoms with Crippen molar-refractivity contribution in [3.05, 3.63) is 33.5 Å². The van der Waals surface area contributed by atoms with Crippen LogP contribution in [0, 0.1) is 0 Å². The molecule has 5 heterocycles. The number of esters is 2. The molecule has 0 amide bonds. The van der Waals surface area contributed by atoms with Gasteiger partial charge >= 0.3 is 25.5 Å². The van der Waals surface area contributed by atoms with Crippen LogP contribution < -0.4 is 22.7 Å². The zero-order valence-corrected chi connectivity index (χ0v) is 24.1. The minimum atomic E-state index is -4.88. The molecule has 3 aromatic heterocycles. The van der Waals surface area contributed by atoms with Gasteiger partial charge in [0.05, 0.1) is 12.9 Å². The van der Waals surface area contributed by atoms with E-state index in [4.69, 9.17) is 39.5 Å². The molecule has 0 aliphatic carbocycles. The summed E-state index contributed by atoms with van der Waals surface area (Å²) >= 11 is 0. The molecule has 5 rings (SSSR count). The standard InChI is InChI=1S/C22H28N9O12P/c1-9(32)38-5-13-12(4-16(41-13)31-8-26-20(23)29-22(31)35)43-44(36,37)39-6-14-11(40-10(2)33)3-15(42-14)30-7-25-17-18(30)27-21(24)28-19(17)34/h7-8,11-16H,3-6H2,1-2H3,(H,36,37)(H2,23,29,35)(H3,24,27,28,34)/t11-,12-,13-,14-,15-,16-/m1/s1. The molecule has 2 fully saturated rings. The van der Waals surface area contributed by atoms with Crippen molar-refractivity contribution in [1.82, 2.24) is 34.1 Å². The Morgan fingerprint density at radius 2 is 1.68 bits per heavy atom. The number of nitrogens with one attached hydrogen (secondary N) is 1. The molecule has 0 saturated carbocycles. The summed E-state index contributed by atoms with van der Waals surface area (Å²) in [6.07, 6.45) is -3.96. The molecule has 0 spiro atoms. The number of carbonyl (C=O) groups is 2. The largest absolute Gasteiger partial charge is 0.472 e. The lowest BCUT2D eigenvalue weighted by Crippen LogP contribution is -2.32. The summed E-state index contributed by atoms with van der Waals surface area (Å²) in [5, 5.41) is 0. The van der Waals surface area contributed by atoms with Gasteiger partial charge in [-0.1, -0.05) is 0 Å². The highest BCUT2D eigenvalue weighted by Gasteiger charge is 2.45. The van der Waals surface area contributed by atoms with Crippen LogP contribution in [0.2, 0.25) is 0 Å². The van der Waals surface area contributed by atoms with Gasteiger partial charge in [-0.3, -0.25) is 37.5 Å². The summed E-state index contributed by atoms with van der Waals surface area (Å²) in [6.45, 7) is 1.38. The number of aromatic nitrogens is 7. The van der Waals surface area contributed by atoms with Crippen LogP contribution in [-0.2, 0) is 42.1 Å². The summed E-state index contributed by atoms with van der Waals surface area (Å²) in [5.74, 6) is -1.72. The zero-order valence-electron chi connectivity index (χ0n) is 23.2. The third kappa shape index (κ3) is 6.93. The highest BCUT2D eigenvalue weighted by molar-refractivity contribution is 7.47. The maximum atomic E-state index is 13.1. The highest BCUT2D eigenvalue weighted by atomic mass is 31.2. The second-order valence-electron chi connectivity index (χ2n) is 9.77. The van der Waals surface area contributed by atoms with E-state index in [0.29, 0.717) is 0 Å². The van der Waals surface area contributed by atoms with Gasteiger partial charge in [-0.25, -0.2) is 19.3 Å². The Morgan fingerprint density at radius 3 is 2.36 bits per heavy atom. The fourth-order valence-corrected chi connectivity index (χ4v) is 5.73. The minimum Gasteiger partial charge on any atom is -0.463 e. The third-order valence-electron chi connectivity index (χ3n) is 6.62. The number of phosphoric ester groups is 1. The van der Waals surface area contributed by atoms with Gasteiger partial charge in [0.2, 0.25) is 11.9 Å². The molecule has 7 atom stereocenters. The number of phosphoric acid groups is 1. The maximum Gasteiger partial charge on any atom is 0.472 e. The lowest BCUT2D eigenvalue weighted by atomic mass is 10.2. The number of anilines is 2. The highest BCUT2D eigenvalue weighted by Crippen LogP contribution is 2.49. The number of hydrogen-bond acceptors (Lipinski definition) is 17. The van der Waals surface area contributed by atoms with E-state index in [1.807, 2.05) is 0 Å². The van der Waals surface area contributed by atoms with Crippen LogP contribution in [0.1, 0.15) is 39.1 Å². The summed E-state index contributed by atoms with van der Waals surface area (Å²) in [5.41, 5.74) is 9.82. The van der Waals surface area contributed by atoms with Crippen LogP contribution in [-0.4, -0.2) is 88.5 Å². The Balaban J connectivity index is 1.29. The van der Waals surface area contributed by atoms with Crippen molar-refractivity contribution in [2.24, 2.45) is 0 Å². The molecule has 3 aromatic rings. The fraction of sp³-hybridized carbons (Fsp3) is 0.545. The molecule has 0 aromatic carbocycles. The number of hydrogen-bond donors (Lipinski definition) is 4. The molecule has 44 heavy (non-hydrogen) atoms. The van der Waals surface area contributed by atoms with Crippen LogP contribution in [0.4, 0.5) is 11.9 Å². The first kappa shape index (κ1) is 31.2. The molecule has 6 N–H and O–H groups in total. The van der Waals surface area contributed by atoms with Crippen LogP contribution in [0.25, 0.3) is 11.2 Å². The van der Waals surface area contributed by atoms with Gasteiger partial charge in [0.25, 0.3) is 5.56 Å². The van der Waals surface area contributed by atoms with Gasteiger partial charge in [-0.2, -0.15) is 9.97 Å². The van der Waals surface area contributed by atoms with Crippen LogP contribution in [0.15, 0.2) is 22.2 Å². The van der Waals surface area contributed by atoms with Gasteiger partial charge in [0, 0.05) is 26.7 Å². The summed E-state index contributed by atoms with van der Waals surface area (Å²) in [6, 6.07) is 0. The molecule has 2 aliphatic rings. The van der Waals surface area contributed by atoms with Crippen molar-refractivity contribution in [2.75, 3.05) is 24.7 Å². The normalized spacial score (nSPS) is 26.4. The lowest BCUT2D eigenvalue weighted by Gasteiger charge is -2.23. The number of aromatic amines is 1. The Hall–Kier alpha value is -4.27. The van der Waals surface area contributed by atoms with E-state index >= 15 is 0 Å². The molecule has 238 valence electrons. The number of ether oxygens (including phenoxy) is 4. The third-order valence-corrected chi connectivity index (χ3v) is 7.63. The van der Waals surface area contributed by atoms with Gasteiger partial charge in [-0.05, 0) is 0 Å². The van der Waals surface area contributed by atoms with Crippen molar-refractivity contribution in [3.8, 4) is 0 Å². The van der Waals surface area contributed by atoms with Crippen LogP contribution in [0.3, 0.4) is 0 Å². The van der Waals surface area contributed by atoms with Crippen molar-refractivity contribution >= 4 is 42.8 Å². The monoisotopic (exact) mass is 641 g/mol. The molecule has 21 nitrogen and oxygen atoms in total. The average Bonchev–Trinajstić information content (AvgIpc) is 3.63. The number of carbonyl (C=O) groups excluding carboxylic acids is 2. The molecular weight excluding hydrogens is 613 g/mol. The molecular formula is C22H28N9O12P. The smallest absolute Gasteiger partial charge is 0.463 e. The Bertz CT molecular complexity index is 1730. The maximum absolute atomic E-state index is 13.1. The first-order valence-corrected chi connectivity index (χ1v) is 14.5. The second kappa shape index (κ2) is 12.4. The number of fused-ring (bicyclic) bond motifs is 1. The summed E-state index contributed by atoms with van der Waals surface area (Å²) in [7, 11) is -4.88. The number of nitrogen functional groups attached to an aromatic ring is 2. The molecule has 0 radical (unpaired) electrons. The van der Waals surface area contributed by atoms with Gasteiger partial charge < -0.3 is 35.3 Å². The van der Waals surface area contributed by atoms with Gasteiger partial charge in [-0.15, -0.1) is 0 Å². The van der Waals surface area contributed by atoms with E-state index in [2.05, 4.69) is 24.9 Å². The van der Waals surface area contributed by atoms with Crippen LogP contribution >= 0.6 is 7.82 Å². The summed E-state index contributed by atoms with van der Waals surface area (Å²) in [4.78, 5) is 75.9. The Kier molecular flexibility index (Phi) is 8.77. The van der Waals surface area contributed by atoms with E-state index in [1.165, 1.54) is 17.8 Å². The van der Waals surface area contributed by atoms with Gasteiger partial charge in [0.1, 0.15) is 49.8 Å². The minimum absolute atomic E-state index is 0.00649. The van der Waals surface area contributed by atoms with Gasteiger partial charge in [0.15, 0.2) is 11.2 Å². The van der Waals surface area contributed by atoms with E-state index in [1.54, 1.807) is 0 Å². The molecule has 2 aliphatic heterocycles. The van der Waals surface area contributed by atoms with Crippen molar-refractivity contribution in [1.29, 1.82) is 0 Å². The quantitative estimate of drug-likeness (QED) is 0.145. The molecule has 22 heteroatoms. The topological polar surface area (TPSA) is 290 Å². The van der Waals surface area contributed by atoms with Crippen molar-refractivity contribution < 1.29 is 47.0 Å². The van der Waals surface area contributed by atoms with Crippen molar-refractivity contribution in [2.45, 2.75) is 63.6 Å². The molecule has 1 unspecified atom stereocenters. The summed E-state index contributed by atoms with van der Waals surface area (Å²) < 4.78 is 48.1. The van der Waals surface area contributed by atoms with Crippen molar-refractivity contribution in [3.63, 3.8) is 0 Å². The second-order valence-corrected chi connectivity index (χ2v) is 11.2. The Morgan fingerprint density at radius 1 is 1.02 bits per heavy atom. The molecule has 0 bridgehead atoms. The lowest BCUT2D eigenvalue weighted by molar-refractivity contribution is -0.150. The van der Waals surface area contributed by atoms with E-state index < -0.39 is 74.5 Å². The van der Waals surface area contributed by atoms with E-state index in [9.17, 15) is 28.6 Å². The number of H-pyrrole nitrogens is 1. The predicted molar refractivity (Wildman–Crippen MR) is 143 cm³/mol. The SMILES string of the molecule is CC(=O)OC[C@H]1O[C@@H](n2cnc(N)nc2=O)C[C@H]1OP(=O)(O)OC[C@H]1O[C@@H](n2cnc3c(=O)[nH]c(N)nc32)C[C@H]1OC(C)=O. The molecule has 2 saturated heterocycles. The number of rotatable bonds is 10. The first-order valence-electron chi connectivity index (χ1n) is 13.0. The van der Waals surface area contributed by atoms with Crippen LogP contribution in [0.5, 0.6) is 0 Å². The van der Waals surface area contributed by atoms with E-state index in [-0.39, 0.29) is 42.5 Å². The van der Waals surface area contributed by atoms with E-state index in [0.717, 1.165) is 17.8 Å². The average molecular weight is 641 g/mol. The Labute approximate surface area is 246 Å². The number of nitrogens with two attached hydrogens (primary N) is 2. The fourth-order valence-electron chi connectivity index (χ4n) is 4.77. The number of nitrogens with zero attached hydrogens (tertiary/aromatic N) is 6. The first-order chi connectivity index (χ1) is 20.8. The zero-order chi connectivity index (χ0) is 31.8. The predicted octanol–water partition coefficient (Wildman–Crippen LogP) is -1.49. The number of imidazole rings is 1.